The predicted molar refractivity (Wildman–Crippen MR) is 62.9 cm³/mol. The SMILES string of the molecule is Cn1cccc1CNCC(=O)NCC1CC1. The first-order chi connectivity index (χ1) is 7.75. The Labute approximate surface area is 96.0 Å². The molecule has 0 aliphatic heterocycles. The lowest BCUT2D eigenvalue weighted by molar-refractivity contribution is -0.120. The van der Waals surface area contributed by atoms with Crippen molar-refractivity contribution in [2.45, 2.75) is 19.4 Å². The molecular formula is C12H19N3O. The number of hydrogen-bond donors (Lipinski definition) is 2. The number of amides is 1. The number of rotatable bonds is 6. The minimum atomic E-state index is 0.0982. The Morgan fingerprint density at radius 3 is 3.00 bits per heavy atom. The normalized spacial score (nSPS) is 15.1. The first-order valence-electron chi connectivity index (χ1n) is 5.83. The lowest BCUT2D eigenvalue weighted by Crippen LogP contribution is -2.34. The Morgan fingerprint density at radius 2 is 2.38 bits per heavy atom. The number of carbonyl (C=O) groups is 1. The van der Waals surface area contributed by atoms with Crippen LogP contribution in [-0.4, -0.2) is 23.6 Å². The van der Waals surface area contributed by atoms with Crippen molar-refractivity contribution in [1.29, 1.82) is 0 Å². The van der Waals surface area contributed by atoms with E-state index < -0.39 is 0 Å². The molecule has 1 amide bonds. The van der Waals surface area contributed by atoms with Crippen LogP contribution in [0.15, 0.2) is 18.3 Å². The molecule has 4 heteroatoms. The molecule has 1 aliphatic carbocycles. The smallest absolute Gasteiger partial charge is 0.233 e. The standard InChI is InChI=1S/C12H19N3O/c1-15-6-2-3-11(15)8-13-9-12(16)14-7-10-4-5-10/h2-3,6,10,13H,4-5,7-9H2,1H3,(H,14,16). The fraction of sp³-hybridized carbons (Fsp3) is 0.583. The van der Waals surface area contributed by atoms with E-state index in [2.05, 4.69) is 21.3 Å². The molecule has 2 rings (SSSR count). The third kappa shape index (κ3) is 3.38. The van der Waals surface area contributed by atoms with Gasteiger partial charge in [-0.2, -0.15) is 0 Å². The van der Waals surface area contributed by atoms with Gasteiger partial charge in [0, 0.05) is 32.0 Å². The van der Waals surface area contributed by atoms with Gasteiger partial charge in [0.25, 0.3) is 0 Å². The van der Waals surface area contributed by atoms with Crippen LogP contribution in [0.25, 0.3) is 0 Å². The van der Waals surface area contributed by atoms with Gasteiger partial charge in [0.15, 0.2) is 0 Å². The molecule has 1 heterocycles. The molecule has 1 aromatic heterocycles. The zero-order valence-corrected chi connectivity index (χ0v) is 9.70. The third-order valence-electron chi connectivity index (χ3n) is 2.93. The molecule has 0 atom stereocenters. The topological polar surface area (TPSA) is 46.1 Å². The first-order valence-corrected chi connectivity index (χ1v) is 5.83. The molecule has 4 nitrogen and oxygen atoms in total. The van der Waals surface area contributed by atoms with Crippen LogP contribution in [0.4, 0.5) is 0 Å². The number of nitrogens with one attached hydrogen (secondary N) is 2. The molecule has 16 heavy (non-hydrogen) atoms. The second kappa shape index (κ2) is 5.16. The highest BCUT2D eigenvalue weighted by molar-refractivity contribution is 5.77. The number of aryl methyl sites for hydroxylation is 1. The van der Waals surface area contributed by atoms with E-state index in [0.717, 1.165) is 19.0 Å². The molecule has 0 bridgehead atoms. The second-order valence-corrected chi connectivity index (χ2v) is 4.46. The van der Waals surface area contributed by atoms with E-state index in [1.165, 1.54) is 18.5 Å². The molecular weight excluding hydrogens is 202 g/mol. The average molecular weight is 221 g/mol. The number of carbonyl (C=O) groups excluding carboxylic acids is 1. The van der Waals surface area contributed by atoms with Crippen molar-refractivity contribution in [3.05, 3.63) is 24.0 Å². The average Bonchev–Trinajstić information content (AvgIpc) is 3.01. The van der Waals surface area contributed by atoms with E-state index in [1.54, 1.807) is 0 Å². The van der Waals surface area contributed by atoms with Crippen molar-refractivity contribution in [2.24, 2.45) is 13.0 Å². The molecule has 2 N–H and O–H groups in total. The summed E-state index contributed by atoms with van der Waals surface area (Å²) in [6, 6.07) is 4.05. The fourth-order valence-corrected chi connectivity index (χ4v) is 1.63. The van der Waals surface area contributed by atoms with Gasteiger partial charge in [-0.3, -0.25) is 4.79 Å². The molecule has 88 valence electrons. The largest absolute Gasteiger partial charge is 0.355 e. The summed E-state index contributed by atoms with van der Waals surface area (Å²) in [7, 11) is 2.00. The lowest BCUT2D eigenvalue weighted by Gasteiger charge is -2.06. The third-order valence-corrected chi connectivity index (χ3v) is 2.93. The lowest BCUT2D eigenvalue weighted by atomic mass is 10.4. The van der Waals surface area contributed by atoms with Crippen LogP contribution in [0, 0.1) is 5.92 Å². The van der Waals surface area contributed by atoms with Gasteiger partial charge < -0.3 is 15.2 Å². The zero-order valence-electron chi connectivity index (χ0n) is 9.70. The van der Waals surface area contributed by atoms with E-state index in [1.807, 2.05) is 19.3 Å². The van der Waals surface area contributed by atoms with Gasteiger partial charge in [0.2, 0.25) is 5.91 Å². The molecule has 0 saturated heterocycles. The van der Waals surface area contributed by atoms with E-state index in [9.17, 15) is 4.79 Å². The molecule has 0 radical (unpaired) electrons. The second-order valence-electron chi connectivity index (χ2n) is 4.46. The Hall–Kier alpha value is -1.29. The van der Waals surface area contributed by atoms with Crippen molar-refractivity contribution in [1.82, 2.24) is 15.2 Å². The molecule has 1 aromatic rings. The van der Waals surface area contributed by atoms with E-state index in [4.69, 9.17) is 0 Å². The van der Waals surface area contributed by atoms with E-state index >= 15 is 0 Å². The predicted octanol–water partition coefficient (Wildman–Crippen LogP) is 0.641. The summed E-state index contributed by atoms with van der Waals surface area (Å²) in [5.74, 6) is 0.845. The summed E-state index contributed by atoms with van der Waals surface area (Å²) < 4.78 is 2.05. The molecule has 0 spiro atoms. The van der Waals surface area contributed by atoms with E-state index in [-0.39, 0.29) is 5.91 Å². The van der Waals surface area contributed by atoms with Gasteiger partial charge in [0.05, 0.1) is 6.54 Å². The Kier molecular flexibility index (Phi) is 3.62. The summed E-state index contributed by atoms with van der Waals surface area (Å²) in [6.45, 7) is 1.99. The highest BCUT2D eigenvalue weighted by atomic mass is 16.1. The van der Waals surface area contributed by atoms with Crippen molar-refractivity contribution < 1.29 is 4.79 Å². The Morgan fingerprint density at radius 1 is 1.56 bits per heavy atom. The van der Waals surface area contributed by atoms with Gasteiger partial charge in [-0.05, 0) is 30.9 Å². The summed E-state index contributed by atoms with van der Waals surface area (Å²) in [5.41, 5.74) is 1.19. The number of nitrogens with zero attached hydrogens (tertiary/aromatic N) is 1. The van der Waals surface area contributed by atoms with Crippen LogP contribution >= 0.6 is 0 Å². The van der Waals surface area contributed by atoms with Gasteiger partial charge in [0.1, 0.15) is 0 Å². The fourth-order valence-electron chi connectivity index (χ4n) is 1.63. The molecule has 0 unspecified atom stereocenters. The maximum absolute atomic E-state index is 11.4. The summed E-state index contributed by atoms with van der Waals surface area (Å²) in [4.78, 5) is 11.4. The maximum atomic E-state index is 11.4. The van der Waals surface area contributed by atoms with Crippen LogP contribution in [0.2, 0.25) is 0 Å². The molecule has 1 aliphatic rings. The van der Waals surface area contributed by atoms with Gasteiger partial charge in [-0.25, -0.2) is 0 Å². The van der Waals surface area contributed by atoms with Crippen LogP contribution in [0.3, 0.4) is 0 Å². The van der Waals surface area contributed by atoms with Crippen LogP contribution < -0.4 is 10.6 Å². The van der Waals surface area contributed by atoms with Crippen LogP contribution in [-0.2, 0) is 18.4 Å². The first kappa shape index (κ1) is 11.2. The van der Waals surface area contributed by atoms with Crippen LogP contribution in [0.1, 0.15) is 18.5 Å². The Bertz CT molecular complexity index is 355. The minimum absolute atomic E-state index is 0.0982. The molecule has 1 saturated carbocycles. The highest BCUT2D eigenvalue weighted by Crippen LogP contribution is 2.27. The van der Waals surface area contributed by atoms with Gasteiger partial charge in [-0.15, -0.1) is 0 Å². The zero-order chi connectivity index (χ0) is 11.4. The van der Waals surface area contributed by atoms with Crippen LogP contribution in [0.5, 0.6) is 0 Å². The quantitative estimate of drug-likeness (QED) is 0.740. The summed E-state index contributed by atoms with van der Waals surface area (Å²) in [5, 5.41) is 6.07. The summed E-state index contributed by atoms with van der Waals surface area (Å²) in [6.07, 6.45) is 4.55. The maximum Gasteiger partial charge on any atom is 0.233 e. The van der Waals surface area contributed by atoms with E-state index in [0.29, 0.717) is 6.54 Å². The van der Waals surface area contributed by atoms with Crippen molar-refractivity contribution in [3.63, 3.8) is 0 Å². The van der Waals surface area contributed by atoms with Crippen molar-refractivity contribution in [3.8, 4) is 0 Å². The number of aromatic nitrogens is 1. The summed E-state index contributed by atoms with van der Waals surface area (Å²) >= 11 is 0. The van der Waals surface area contributed by atoms with Crippen molar-refractivity contribution >= 4 is 5.91 Å². The minimum Gasteiger partial charge on any atom is -0.355 e. The monoisotopic (exact) mass is 221 g/mol. The highest BCUT2D eigenvalue weighted by Gasteiger charge is 2.21. The molecule has 0 aromatic carbocycles. The van der Waals surface area contributed by atoms with Gasteiger partial charge in [-0.1, -0.05) is 0 Å². The van der Waals surface area contributed by atoms with Crippen molar-refractivity contribution in [2.75, 3.05) is 13.1 Å². The van der Waals surface area contributed by atoms with Gasteiger partial charge >= 0.3 is 0 Å². The molecule has 1 fully saturated rings. The number of hydrogen-bond acceptors (Lipinski definition) is 2. The Balaban J connectivity index is 1.59.